The molecule has 2 aliphatic heterocycles. The number of hydrogen-bond acceptors (Lipinski definition) is 4. The van der Waals surface area contributed by atoms with E-state index in [4.69, 9.17) is 0 Å². The van der Waals surface area contributed by atoms with Crippen molar-refractivity contribution in [3.05, 3.63) is 18.2 Å². The van der Waals surface area contributed by atoms with Crippen LogP contribution in [0.3, 0.4) is 0 Å². The maximum atomic E-state index is 12.9. The molecule has 3 heterocycles. The zero-order valence-corrected chi connectivity index (χ0v) is 14.8. The van der Waals surface area contributed by atoms with Crippen LogP contribution < -0.4 is 0 Å². The van der Waals surface area contributed by atoms with Gasteiger partial charge in [0.15, 0.2) is 0 Å². The van der Waals surface area contributed by atoms with Gasteiger partial charge in [0.2, 0.25) is 11.8 Å². The molecule has 144 valence electrons. The van der Waals surface area contributed by atoms with E-state index < -0.39 is 6.55 Å². The van der Waals surface area contributed by atoms with Crippen LogP contribution in [0.2, 0.25) is 0 Å². The standard InChI is InChI=1S/C17H25F2N5O2/c18-17(19)24-7-5-20-14(24)12-21-8-10-22(11-9-21)16(26)13-23-6-3-1-2-4-15(23)25/h5,7,17H,1-4,6,8-13H2. The van der Waals surface area contributed by atoms with Gasteiger partial charge >= 0.3 is 6.55 Å². The Morgan fingerprint density at radius 1 is 1.12 bits per heavy atom. The third-order valence-corrected chi connectivity index (χ3v) is 5.05. The lowest BCUT2D eigenvalue weighted by atomic mass is 10.2. The molecule has 2 aliphatic rings. The summed E-state index contributed by atoms with van der Waals surface area (Å²) >= 11 is 0. The Labute approximate surface area is 151 Å². The Hall–Kier alpha value is -2.03. The van der Waals surface area contributed by atoms with Gasteiger partial charge in [-0.3, -0.25) is 19.1 Å². The molecule has 0 aromatic carbocycles. The zero-order valence-electron chi connectivity index (χ0n) is 14.8. The van der Waals surface area contributed by atoms with Crippen molar-refractivity contribution in [3.8, 4) is 0 Å². The highest BCUT2D eigenvalue weighted by atomic mass is 19.3. The number of imidazole rings is 1. The van der Waals surface area contributed by atoms with Gasteiger partial charge in [0.05, 0.1) is 13.1 Å². The van der Waals surface area contributed by atoms with Gasteiger partial charge in [0, 0.05) is 51.5 Å². The van der Waals surface area contributed by atoms with Gasteiger partial charge < -0.3 is 9.80 Å². The van der Waals surface area contributed by atoms with E-state index in [1.807, 2.05) is 4.90 Å². The van der Waals surface area contributed by atoms with E-state index in [0.717, 1.165) is 23.8 Å². The monoisotopic (exact) mass is 369 g/mol. The van der Waals surface area contributed by atoms with Crippen molar-refractivity contribution in [2.24, 2.45) is 0 Å². The number of piperazine rings is 1. The number of rotatable bonds is 5. The molecule has 0 radical (unpaired) electrons. The van der Waals surface area contributed by atoms with E-state index in [1.54, 1.807) is 9.80 Å². The Bertz CT molecular complexity index is 628. The van der Waals surface area contributed by atoms with Crippen molar-refractivity contribution in [1.29, 1.82) is 0 Å². The second-order valence-corrected chi connectivity index (χ2v) is 6.81. The molecule has 0 unspecified atom stereocenters. The van der Waals surface area contributed by atoms with Crippen molar-refractivity contribution in [1.82, 2.24) is 24.3 Å². The first kappa shape index (κ1) is 18.8. The number of aromatic nitrogens is 2. The first-order valence-electron chi connectivity index (χ1n) is 9.12. The number of hydrogen-bond donors (Lipinski definition) is 0. The molecular weight excluding hydrogens is 344 g/mol. The van der Waals surface area contributed by atoms with Crippen LogP contribution >= 0.6 is 0 Å². The molecule has 2 fully saturated rings. The van der Waals surface area contributed by atoms with Gasteiger partial charge in [-0.05, 0) is 12.8 Å². The number of halogens is 2. The molecule has 3 rings (SSSR count). The van der Waals surface area contributed by atoms with E-state index in [2.05, 4.69) is 4.98 Å². The molecule has 1 aromatic rings. The van der Waals surface area contributed by atoms with Crippen LogP contribution in [0.1, 0.15) is 38.1 Å². The van der Waals surface area contributed by atoms with E-state index in [9.17, 15) is 18.4 Å². The summed E-state index contributed by atoms with van der Waals surface area (Å²) in [7, 11) is 0. The minimum absolute atomic E-state index is 0.0334. The summed E-state index contributed by atoms with van der Waals surface area (Å²) in [5.74, 6) is 0.359. The van der Waals surface area contributed by atoms with Gasteiger partial charge in [-0.2, -0.15) is 8.78 Å². The predicted octanol–water partition coefficient (Wildman–Crippen LogP) is 1.33. The molecule has 0 atom stereocenters. The lowest BCUT2D eigenvalue weighted by Crippen LogP contribution is -2.51. The van der Waals surface area contributed by atoms with Crippen LogP contribution in [0.5, 0.6) is 0 Å². The lowest BCUT2D eigenvalue weighted by Gasteiger charge is -2.35. The van der Waals surface area contributed by atoms with Crippen LogP contribution in [0.25, 0.3) is 0 Å². The number of amides is 2. The van der Waals surface area contributed by atoms with Crippen molar-refractivity contribution < 1.29 is 18.4 Å². The summed E-state index contributed by atoms with van der Waals surface area (Å²) in [6.07, 6.45) is 6.05. The Balaban J connectivity index is 1.47. The summed E-state index contributed by atoms with van der Waals surface area (Å²) < 4.78 is 26.6. The molecule has 2 amide bonds. The van der Waals surface area contributed by atoms with Crippen LogP contribution in [0, 0.1) is 0 Å². The Morgan fingerprint density at radius 2 is 1.88 bits per heavy atom. The number of carbonyl (C=O) groups is 2. The second kappa shape index (κ2) is 8.57. The van der Waals surface area contributed by atoms with Crippen molar-refractivity contribution >= 4 is 11.8 Å². The maximum absolute atomic E-state index is 12.9. The van der Waals surface area contributed by atoms with E-state index in [0.29, 0.717) is 51.5 Å². The molecule has 0 bridgehead atoms. The molecule has 2 saturated heterocycles. The van der Waals surface area contributed by atoms with Gasteiger partial charge in [0.1, 0.15) is 5.82 Å². The second-order valence-electron chi connectivity index (χ2n) is 6.81. The maximum Gasteiger partial charge on any atom is 0.319 e. The third-order valence-electron chi connectivity index (χ3n) is 5.05. The van der Waals surface area contributed by atoms with Gasteiger partial charge in [0.25, 0.3) is 0 Å². The SMILES string of the molecule is O=C(CN1CCCCCC1=O)N1CCN(Cc2nccn2C(F)F)CC1. The molecule has 0 N–H and O–H groups in total. The summed E-state index contributed by atoms with van der Waals surface area (Å²) in [6, 6.07) is 0. The Morgan fingerprint density at radius 3 is 2.62 bits per heavy atom. The van der Waals surface area contributed by atoms with Crippen LogP contribution in [-0.4, -0.2) is 75.3 Å². The molecule has 26 heavy (non-hydrogen) atoms. The van der Waals surface area contributed by atoms with Crippen molar-refractivity contribution in [2.45, 2.75) is 38.8 Å². The smallest absolute Gasteiger partial charge is 0.319 e. The van der Waals surface area contributed by atoms with Gasteiger partial charge in [-0.15, -0.1) is 0 Å². The van der Waals surface area contributed by atoms with Crippen LogP contribution in [-0.2, 0) is 16.1 Å². The average Bonchev–Trinajstić information content (AvgIpc) is 3.00. The summed E-state index contributed by atoms with van der Waals surface area (Å²) in [5, 5.41) is 0. The minimum Gasteiger partial charge on any atom is -0.339 e. The molecule has 9 heteroatoms. The minimum atomic E-state index is -2.60. The number of nitrogens with zero attached hydrogens (tertiary/aromatic N) is 5. The quantitative estimate of drug-likeness (QED) is 0.786. The first-order valence-corrected chi connectivity index (χ1v) is 9.12. The van der Waals surface area contributed by atoms with Crippen LogP contribution in [0.4, 0.5) is 8.78 Å². The highest BCUT2D eigenvalue weighted by Gasteiger charge is 2.26. The van der Waals surface area contributed by atoms with Crippen LogP contribution in [0.15, 0.2) is 12.4 Å². The summed E-state index contributed by atoms with van der Waals surface area (Å²) in [4.78, 5) is 34.0. The number of likely N-dealkylation sites (tertiary alicyclic amines) is 1. The number of alkyl halides is 2. The van der Waals surface area contributed by atoms with E-state index in [1.165, 1.54) is 12.4 Å². The highest BCUT2D eigenvalue weighted by Crippen LogP contribution is 2.15. The van der Waals surface area contributed by atoms with E-state index >= 15 is 0 Å². The third kappa shape index (κ3) is 4.57. The molecule has 0 aliphatic carbocycles. The van der Waals surface area contributed by atoms with Crippen molar-refractivity contribution in [2.75, 3.05) is 39.3 Å². The molecular formula is C17H25F2N5O2. The highest BCUT2D eigenvalue weighted by molar-refractivity contribution is 5.85. The molecule has 7 nitrogen and oxygen atoms in total. The fourth-order valence-electron chi connectivity index (χ4n) is 3.47. The normalized spacial score (nSPS) is 19.9. The van der Waals surface area contributed by atoms with Gasteiger partial charge in [-0.1, -0.05) is 6.42 Å². The topological polar surface area (TPSA) is 61.7 Å². The molecule has 1 aromatic heterocycles. The molecule has 0 spiro atoms. The van der Waals surface area contributed by atoms with Gasteiger partial charge in [-0.25, -0.2) is 4.98 Å². The molecule has 0 saturated carbocycles. The van der Waals surface area contributed by atoms with Crippen molar-refractivity contribution in [3.63, 3.8) is 0 Å². The number of carbonyl (C=O) groups excluding carboxylic acids is 2. The Kier molecular flexibility index (Phi) is 6.18. The zero-order chi connectivity index (χ0) is 18.5. The summed E-state index contributed by atoms with van der Waals surface area (Å²) in [6.45, 7) is 0.832. The van der Waals surface area contributed by atoms with E-state index in [-0.39, 0.29) is 18.4 Å². The fraction of sp³-hybridized carbons (Fsp3) is 0.706. The first-order chi connectivity index (χ1) is 12.5. The predicted molar refractivity (Wildman–Crippen MR) is 90.4 cm³/mol. The summed E-state index contributed by atoms with van der Waals surface area (Å²) in [5.41, 5.74) is 0. The fourth-order valence-corrected chi connectivity index (χ4v) is 3.47. The lowest BCUT2D eigenvalue weighted by molar-refractivity contribution is -0.141. The average molecular weight is 369 g/mol. The largest absolute Gasteiger partial charge is 0.339 e.